The maximum atomic E-state index is 5.70. The third-order valence-corrected chi connectivity index (χ3v) is 4.35. The Bertz CT molecular complexity index is 662. The molecule has 1 aromatic carbocycles. The van der Waals surface area contributed by atoms with Crippen LogP contribution in [-0.4, -0.2) is 29.9 Å². The van der Waals surface area contributed by atoms with E-state index in [4.69, 9.17) is 13.9 Å². The molecule has 1 fully saturated rings. The van der Waals surface area contributed by atoms with Gasteiger partial charge in [0.1, 0.15) is 0 Å². The highest BCUT2D eigenvalue weighted by atomic mass is 16.6. The Kier molecular flexibility index (Phi) is 3.56. The van der Waals surface area contributed by atoms with Gasteiger partial charge in [-0.05, 0) is 38.9 Å². The topological polar surface area (TPSA) is 69.4 Å². The third kappa shape index (κ3) is 2.54. The van der Waals surface area contributed by atoms with Crippen LogP contribution in [0.15, 0.2) is 28.7 Å². The van der Waals surface area contributed by atoms with E-state index in [9.17, 15) is 0 Å². The molecule has 0 bridgehead atoms. The molecule has 0 radical (unpaired) electrons. The van der Waals surface area contributed by atoms with Crippen molar-refractivity contribution in [3.8, 4) is 17.6 Å². The van der Waals surface area contributed by atoms with E-state index in [0.717, 1.165) is 12.8 Å². The minimum Gasteiger partial charge on any atom is -0.493 e. The van der Waals surface area contributed by atoms with Gasteiger partial charge in [-0.25, -0.2) is 0 Å². The Morgan fingerprint density at radius 1 is 1.14 bits per heavy atom. The molecule has 0 unspecified atom stereocenters. The van der Waals surface area contributed by atoms with E-state index in [0.29, 0.717) is 17.4 Å². The second-order valence-corrected chi connectivity index (χ2v) is 6.35. The smallest absolute Gasteiger partial charge is 0.420 e. The van der Waals surface area contributed by atoms with Crippen molar-refractivity contribution in [1.29, 1.82) is 0 Å². The van der Waals surface area contributed by atoms with Gasteiger partial charge in [0.25, 0.3) is 0 Å². The maximum absolute atomic E-state index is 5.70. The van der Waals surface area contributed by atoms with Gasteiger partial charge in [-0.2, -0.15) is 0 Å². The van der Waals surface area contributed by atoms with Gasteiger partial charge >= 0.3 is 6.08 Å². The van der Waals surface area contributed by atoms with Crippen LogP contribution < -0.4 is 14.8 Å². The molecule has 3 rings (SSSR count). The summed E-state index contributed by atoms with van der Waals surface area (Å²) in [6.07, 6.45) is 2.04. The summed E-state index contributed by atoms with van der Waals surface area (Å²) >= 11 is 0. The molecule has 22 heavy (non-hydrogen) atoms. The molecule has 1 aromatic heterocycles. The summed E-state index contributed by atoms with van der Waals surface area (Å²) in [5.74, 6) is 1.80. The fourth-order valence-electron chi connectivity index (χ4n) is 3.29. The van der Waals surface area contributed by atoms with E-state index in [2.05, 4.69) is 29.4 Å². The minimum absolute atomic E-state index is 0.104. The third-order valence-electron chi connectivity index (χ3n) is 4.35. The Morgan fingerprint density at radius 2 is 1.82 bits per heavy atom. The number of aromatic nitrogens is 2. The fourth-order valence-corrected chi connectivity index (χ4v) is 3.29. The summed E-state index contributed by atoms with van der Waals surface area (Å²) < 4.78 is 16.6. The van der Waals surface area contributed by atoms with Crippen LogP contribution in [0.4, 0.5) is 0 Å². The van der Waals surface area contributed by atoms with Gasteiger partial charge in [-0.1, -0.05) is 24.2 Å². The average molecular weight is 303 g/mol. The van der Waals surface area contributed by atoms with E-state index in [1.807, 2.05) is 25.2 Å². The van der Waals surface area contributed by atoms with Gasteiger partial charge in [-0.3, -0.25) is 0 Å². The summed E-state index contributed by atoms with van der Waals surface area (Å²) in [4.78, 5) is 0. The van der Waals surface area contributed by atoms with Gasteiger partial charge in [-0.15, -0.1) is 5.10 Å². The number of methoxy groups -OCH3 is 1. The largest absolute Gasteiger partial charge is 0.493 e. The number of ether oxygens (including phenoxy) is 2. The molecule has 0 atom stereocenters. The molecule has 1 N–H and O–H groups in total. The fraction of sp³-hybridized carbons (Fsp3) is 0.500. The van der Waals surface area contributed by atoms with E-state index < -0.39 is 0 Å². The van der Waals surface area contributed by atoms with E-state index in [-0.39, 0.29) is 17.0 Å². The zero-order valence-electron chi connectivity index (χ0n) is 13.3. The molecule has 6 nitrogen and oxygen atoms in total. The van der Waals surface area contributed by atoms with Crippen molar-refractivity contribution < 1.29 is 13.9 Å². The first-order chi connectivity index (χ1) is 10.5. The number of rotatable bonds is 5. The minimum atomic E-state index is -0.104. The van der Waals surface area contributed by atoms with Crippen LogP contribution in [0.25, 0.3) is 0 Å². The summed E-state index contributed by atoms with van der Waals surface area (Å²) in [6, 6.07) is 7.35. The summed E-state index contributed by atoms with van der Waals surface area (Å²) in [6.45, 7) is 4.32. The normalized spacial score (nSPS) is 27.3. The van der Waals surface area contributed by atoms with Gasteiger partial charge in [0.2, 0.25) is 5.89 Å². The van der Waals surface area contributed by atoms with Gasteiger partial charge in [0.15, 0.2) is 11.5 Å². The molecule has 1 heterocycles. The van der Waals surface area contributed by atoms with Gasteiger partial charge in [0, 0.05) is 11.0 Å². The molecule has 6 heteroatoms. The highest BCUT2D eigenvalue weighted by Crippen LogP contribution is 2.49. The molecule has 0 saturated heterocycles. The highest BCUT2D eigenvalue weighted by Gasteiger charge is 2.52. The molecular weight excluding hydrogens is 282 g/mol. The van der Waals surface area contributed by atoms with Crippen LogP contribution in [-0.2, 0) is 5.41 Å². The predicted molar refractivity (Wildman–Crippen MR) is 81.4 cm³/mol. The second-order valence-electron chi connectivity index (χ2n) is 6.35. The summed E-state index contributed by atoms with van der Waals surface area (Å²) in [5, 5.41) is 11.5. The monoisotopic (exact) mass is 303 g/mol. The number of nitrogens with zero attached hydrogens (tertiary/aromatic N) is 2. The number of nitrogens with one attached hydrogen (secondary N) is 1. The first kappa shape index (κ1) is 14.8. The lowest BCUT2D eigenvalue weighted by Crippen LogP contribution is -2.58. The maximum Gasteiger partial charge on any atom is 0.420 e. The van der Waals surface area contributed by atoms with Crippen LogP contribution in [0.2, 0.25) is 0 Å². The molecule has 1 saturated carbocycles. The van der Waals surface area contributed by atoms with Crippen molar-refractivity contribution in [3.63, 3.8) is 0 Å². The molecule has 1 aliphatic rings. The quantitative estimate of drug-likeness (QED) is 0.916. The molecule has 118 valence electrons. The van der Waals surface area contributed by atoms with Crippen molar-refractivity contribution >= 4 is 0 Å². The van der Waals surface area contributed by atoms with Crippen molar-refractivity contribution in [2.24, 2.45) is 0 Å². The van der Waals surface area contributed by atoms with Crippen LogP contribution in [0.3, 0.4) is 0 Å². The zero-order chi connectivity index (χ0) is 15.8. The number of hydrogen-bond donors (Lipinski definition) is 1. The lowest BCUT2D eigenvalue weighted by atomic mass is 9.59. The van der Waals surface area contributed by atoms with Crippen molar-refractivity contribution in [2.45, 2.75) is 37.6 Å². The second kappa shape index (κ2) is 5.28. The van der Waals surface area contributed by atoms with Crippen LogP contribution in [0.5, 0.6) is 17.6 Å². The lowest BCUT2D eigenvalue weighted by Gasteiger charge is -2.50. The SMILES string of the molecule is CNC1(C)CC(C)(c2nnc(Oc3ccccc3OC)o2)C1. The molecule has 0 amide bonds. The molecule has 0 aliphatic heterocycles. The first-order valence-corrected chi connectivity index (χ1v) is 7.32. The molecule has 1 aliphatic carbocycles. The molecule has 0 spiro atoms. The Labute approximate surface area is 129 Å². The van der Waals surface area contributed by atoms with Crippen molar-refractivity contribution in [1.82, 2.24) is 15.5 Å². The van der Waals surface area contributed by atoms with Crippen molar-refractivity contribution in [3.05, 3.63) is 30.2 Å². The molecular formula is C16H21N3O3. The van der Waals surface area contributed by atoms with E-state index in [1.54, 1.807) is 13.2 Å². The van der Waals surface area contributed by atoms with E-state index >= 15 is 0 Å². The number of benzene rings is 1. The Hall–Kier alpha value is -2.08. The number of para-hydroxylation sites is 2. The van der Waals surface area contributed by atoms with Crippen molar-refractivity contribution in [2.75, 3.05) is 14.2 Å². The van der Waals surface area contributed by atoms with E-state index in [1.165, 1.54) is 0 Å². The van der Waals surface area contributed by atoms with Crippen LogP contribution >= 0.6 is 0 Å². The summed E-state index contributed by atoms with van der Waals surface area (Å²) in [5.41, 5.74) is 0.0278. The van der Waals surface area contributed by atoms with Gasteiger partial charge < -0.3 is 19.2 Å². The number of hydrogen-bond acceptors (Lipinski definition) is 6. The van der Waals surface area contributed by atoms with Gasteiger partial charge in [0.05, 0.1) is 7.11 Å². The zero-order valence-corrected chi connectivity index (χ0v) is 13.3. The highest BCUT2D eigenvalue weighted by molar-refractivity contribution is 5.40. The summed E-state index contributed by atoms with van der Waals surface area (Å²) in [7, 11) is 3.57. The van der Waals surface area contributed by atoms with Crippen LogP contribution in [0, 0.1) is 0 Å². The molecule has 2 aromatic rings. The standard InChI is InChI=1S/C16H21N3O3/c1-15(9-16(2,10-15)17-3)13-18-19-14(22-13)21-12-8-6-5-7-11(12)20-4/h5-8,17H,9-10H2,1-4H3. The predicted octanol–water partition coefficient (Wildman–Crippen LogP) is 2.90. The first-order valence-electron chi connectivity index (χ1n) is 7.32. The lowest BCUT2D eigenvalue weighted by molar-refractivity contribution is 0.0783. The van der Waals surface area contributed by atoms with Crippen LogP contribution in [0.1, 0.15) is 32.6 Å². The Morgan fingerprint density at radius 3 is 2.45 bits per heavy atom. The average Bonchev–Trinajstić information content (AvgIpc) is 2.95. The Balaban J connectivity index is 1.75.